The van der Waals surface area contributed by atoms with Crippen molar-refractivity contribution < 1.29 is 4.79 Å². The smallest absolute Gasteiger partial charge is 0.231 e. The Morgan fingerprint density at radius 3 is 2.96 bits per heavy atom. The molecule has 26 heavy (non-hydrogen) atoms. The van der Waals surface area contributed by atoms with Gasteiger partial charge in [0.1, 0.15) is 0 Å². The van der Waals surface area contributed by atoms with Gasteiger partial charge in [-0.1, -0.05) is 18.2 Å². The number of carbonyl (C=O) groups excluding carboxylic acids is 1. The van der Waals surface area contributed by atoms with Gasteiger partial charge in [-0.3, -0.25) is 10.1 Å². The van der Waals surface area contributed by atoms with Gasteiger partial charge in [0.25, 0.3) is 0 Å². The maximum Gasteiger partial charge on any atom is 0.231 e. The van der Waals surface area contributed by atoms with Crippen LogP contribution in [0.2, 0.25) is 0 Å². The number of nitrogens with zero attached hydrogens (tertiary/aromatic N) is 3. The van der Waals surface area contributed by atoms with Gasteiger partial charge in [-0.2, -0.15) is 10.1 Å². The molecule has 2 aromatic rings. The Labute approximate surface area is 153 Å². The molecule has 1 saturated heterocycles. The van der Waals surface area contributed by atoms with Gasteiger partial charge in [-0.05, 0) is 55.6 Å². The maximum absolute atomic E-state index is 12.6. The van der Waals surface area contributed by atoms with E-state index in [0.717, 1.165) is 56.8 Å². The van der Waals surface area contributed by atoms with Gasteiger partial charge in [-0.15, -0.1) is 0 Å². The monoisotopic (exact) mass is 354 g/mol. The van der Waals surface area contributed by atoms with E-state index < -0.39 is 0 Å². The fraction of sp³-hybridized carbons (Fsp3) is 0.526. The lowest BCUT2D eigenvalue weighted by atomic mass is 9.94. The summed E-state index contributed by atoms with van der Waals surface area (Å²) in [5, 5.41) is 14.2. The Balaban J connectivity index is 1.45. The van der Waals surface area contributed by atoms with Crippen LogP contribution in [0.4, 0.5) is 5.95 Å². The highest BCUT2D eigenvalue weighted by atomic mass is 16.1. The Kier molecular flexibility index (Phi) is 4.99. The van der Waals surface area contributed by atoms with Crippen molar-refractivity contribution >= 4 is 11.9 Å². The molecule has 0 unspecified atom stereocenters. The highest BCUT2D eigenvalue weighted by Crippen LogP contribution is 2.23. The molecule has 0 bridgehead atoms. The first kappa shape index (κ1) is 17.2. The number of anilines is 1. The van der Waals surface area contributed by atoms with Crippen LogP contribution in [-0.4, -0.2) is 40.3 Å². The summed E-state index contributed by atoms with van der Waals surface area (Å²) in [5.41, 5.74) is 3.73. The van der Waals surface area contributed by atoms with Crippen molar-refractivity contribution in [3.05, 3.63) is 40.7 Å². The van der Waals surface area contributed by atoms with E-state index in [1.54, 1.807) is 4.68 Å². The number of aryl methyl sites for hydroxylation is 1. The fourth-order valence-corrected chi connectivity index (χ4v) is 3.88. The molecule has 1 fully saturated rings. The zero-order chi connectivity index (χ0) is 17.9. The van der Waals surface area contributed by atoms with Crippen LogP contribution in [0.3, 0.4) is 0 Å². The average Bonchev–Trinajstić information content (AvgIpc) is 3.03. The zero-order valence-corrected chi connectivity index (χ0v) is 15.2. The average molecular weight is 354 g/mol. The number of fused-ring (bicyclic) bond motifs is 1. The van der Waals surface area contributed by atoms with Crippen LogP contribution in [-0.2, 0) is 31.2 Å². The highest BCUT2D eigenvalue weighted by Gasteiger charge is 2.22. The minimum atomic E-state index is -0.0377. The van der Waals surface area contributed by atoms with Crippen LogP contribution in [0.25, 0.3) is 0 Å². The first-order valence-corrected chi connectivity index (χ1v) is 9.42. The van der Waals surface area contributed by atoms with Crippen molar-refractivity contribution in [1.82, 2.24) is 25.4 Å². The lowest BCUT2D eigenvalue weighted by Crippen LogP contribution is -2.27. The number of benzene rings is 1. The van der Waals surface area contributed by atoms with E-state index in [2.05, 4.69) is 38.2 Å². The van der Waals surface area contributed by atoms with Crippen molar-refractivity contribution in [2.45, 2.75) is 38.1 Å². The van der Waals surface area contributed by atoms with Crippen LogP contribution in [0.5, 0.6) is 0 Å². The number of aromatic nitrogens is 3. The van der Waals surface area contributed by atoms with Crippen molar-refractivity contribution in [2.24, 2.45) is 7.05 Å². The third-order valence-electron chi connectivity index (χ3n) is 5.32. The van der Waals surface area contributed by atoms with Crippen LogP contribution < -0.4 is 16.0 Å². The summed E-state index contributed by atoms with van der Waals surface area (Å²) < 4.78 is 1.68. The molecule has 0 aliphatic carbocycles. The van der Waals surface area contributed by atoms with Crippen molar-refractivity contribution in [3.8, 4) is 0 Å². The number of amides is 1. The van der Waals surface area contributed by atoms with Gasteiger partial charge in [-0.25, -0.2) is 4.68 Å². The van der Waals surface area contributed by atoms with Gasteiger partial charge < -0.3 is 10.6 Å². The molecular formula is C19H26N6O. The maximum atomic E-state index is 12.6. The first-order valence-electron chi connectivity index (χ1n) is 9.42. The van der Waals surface area contributed by atoms with Crippen LogP contribution in [0.1, 0.15) is 41.3 Å². The van der Waals surface area contributed by atoms with Gasteiger partial charge in [0.15, 0.2) is 5.82 Å². The van der Waals surface area contributed by atoms with E-state index >= 15 is 0 Å². The quantitative estimate of drug-likeness (QED) is 0.766. The third kappa shape index (κ3) is 3.64. The Hall–Kier alpha value is -2.25. The second kappa shape index (κ2) is 7.55. The predicted molar refractivity (Wildman–Crippen MR) is 100 cm³/mol. The third-order valence-corrected chi connectivity index (χ3v) is 5.32. The van der Waals surface area contributed by atoms with E-state index in [-0.39, 0.29) is 5.91 Å². The standard InChI is InChI=1S/C19H26N6O/c1-25-19(23-18(24-25)13-5-8-20-9-6-13)22-17(26)11-14-3-2-4-15-12-21-10-7-16(14)15/h2-4,13,20-21H,5-12H2,1H3,(H,22,23,24,26). The summed E-state index contributed by atoms with van der Waals surface area (Å²) in [6, 6.07) is 6.23. The molecule has 2 aliphatic heterocycles. The SMILES string of the molecule is Cn1nc(C2CCNCC2)nc1NC(=O)Cc1cccc2c1CCNC2. The van der Waals surface area contributed by atoms with E-state index in [1.165, 1.54) is 11.1 Å². The molecule has 7 nitrogen and oxygen atoms in total. The van der Waals surface area contributed by atoms with E-state index in [9.17, 15) is 4.79 Å². The molecule has 7 heteroatoms. The molecular weight excluding hydrogens is 328 g/mol. The topological polar surface area (TPSA) is 83.9 Å². The number of carbonyl (C=O) groups is 1. The minimum Gasteiger partial charge on any atom is -0.317 e. The highest BCUT2D eigenvalue weighted by molar-refractivity contribution is 5.91. The molecule has 0 radical (unpaired) electrons. The Morgan fingerprint density at radius 1 is 1.27 bits per heavy atom. The molecule has 1 aromatic carbocycles. The molecule has 0 saturated carbocycles. The lowest BCUT2D eigenvalue weighted by Gasteiger charge is -2.20. The number of nitrogens with one attached hydrogen (secondary N) is 3. The van der Waals surface area contributed by atoms with Crippen molar-refractivity contribution in [1.29, 1.82) is 0 Å². The summed E-state index contributed by atoms with van der Waals surface area (Å²) in [5.74, 6) is 1.72. The molecule has 138 valence electrons. The van der Waals surface area contributed by atoms with E-state index in [0.29, 0.717) is 18.3 Å². The van der Waals surface area contributed by atoms with Crippen molar-refractivity contribution in [3.63, 3.8) is 0 Å². The van der Waals surface area contributed by atoms with Crippen molar-refractivity contribution in [2.75, 3.05) is 25.0 Å². The molecule has 0 atom stereocenters. The predicted octanol–water partition coefficient (Wildman–Crippen LogP) is 1.11. The van der Waals surface area contributed by atoms with E-state index in [4.69, 9.17) is 0 Å². The summed E-state index contributed by atoms with van der Waals surface area (Å²) in [7, 11) is 1.84. The molecule has 4 rings (SSSR count). The molecule has 2 aliphatic rings. The van der Waals surface area contributed by atoms with Crippen LogP contribution in [0, 0.1) is 0 Å². The second-order valence-electron chi connectivity index (χ2n) is 7.15. The largest absolute Gasteiger partial charge is 0.317 e. The Bertz CT molecular complexity index is 793. The normalized spacial score (nSPS) is 17.7. The Morgan fingerprint density at radius 2 is 2.12 bits per heavy atom. The minimum absolute atomic E-state index is 0.0377. The number of rotatable bonds is 4. The zero-order valence-electron chi connectivity index (χ0n) is 15.2. The number of hydrogen-bond acceptors (Lipinski definition) is 5. The molecule has 1 aromatic heterocycles. The van der Waals surface area contributed by atoms with Gasteiger partial charge in [0.2, 0.25) is 11.9 Å². The van der Waals surface area contributed by atoms with Gasteiger partial charge in [0, 0.05) is 19.5 Å². The molecule has 1 amide bonds. The molecule has 3 N–H and O–H groups in total. The lowest BCUT2D eigenvalue weighted by molar-refractivity contribution is -0.115. The number of hydrogen-bond donors (Lipinski definition) is 3. The summed E-state index contributed by atoms with van der Waals surface area (Å²) in [6.45, 7) is 3.85. The fourth-order valence-electron chi connectivity index (χ4n) is 3.88. The first-order chi connectivity index (χ1) is 12.7. The summed E-state index contributed by atoms with van der Waals surface area (Å²) in [6.07, 6.45) is 3.44. The molecule has 0 spiro atoms. The summed E-state index contributed by atoms with van der Waals surface area (Å²) in [4.78, 5) is 17.2. The van der Waals surface area contributed by atoms with E-state index in [1.807, 2.05) is 13.1 Å². The molecule has 3 heterocycles. The van der Waals surface area contributed by atoms with Gasteiger partial charge >= 0.3 is 0 Å². The van der Waals surface area contributed by atoms with Crippen LogP contribution >= 0.6 is 0 Å². The van der Waals surface area contributed by atoms with Gasteiger partial charge in [0.05, 0.1) is 6.42 Å². The van der Waals surface area contributed by atoms with Crippen LogP contribution in [0.15, 0.2) is 18.2 Å². The summed E-state index contributed by atoms with van der Waals surface area (Å²) >= 11 is 0. The number of piperidine rings is 1. The second-order valence-corrected chi connectivity index (χ2v) is 7.15.